The predicted molar refractivity (Wildman–Crippen MR) is 101 cm³/mol. The molecule has 1 aliphatic carbocycles. The Hall–Kier alpha value is -1.96. The first-order valence-electron chi connectivity index (χ1n) is 9.28. The molecule has 0 amide bonds. The molecule has 0 spiro atoms. The van der Waals surface area contributed by atoms with Gasteiger partial charge in [0, 0.05) is 28.6 Å². The number of rotatable bonds is 2. The maximum absolute atomic E-state index is 5.13. The van der Waals surface area contributed by atoms with E-state index in [0.717, 1.165) is 22.9 Å². The minimum Gasteiger partial charge on any atom is -0.254 e. The van der Waals surface area contributed by atoms with Crippen molar-refractivity contribution in [2.24, 2.45) is 17.8 Å². The fraction of sp³-hybridized carbons (Fsp3) is 0.455. The number of hydrogen-bond donors (Lipinski definition) is 0. The van der Waals surface area contributed by atoms with E-state index in [9.17, 15) is 0 Å². The summed E-state index contributed by atoms with van der Waals surface area (Å²) in [6.45, 7) is 7.12. The van der Waals surface area contributed by atoms with Crippen molar-refractivity contribution in [3.8, 4) is 0 Å². The summed E-state index contributed by atoms with van der Waals surface area (Å²) in [5.74, 6) is 2.84. The number of hydrogen-bond acceptors (Lipinski definition) is 2. The molecule has 0 bridgehead atoms. The van der Waals surface area contributed by atoms with Crippen molar-refractivity contribution in [1.82, 2.24) is 9.97 Å². The Kier molecular flexibility index (Phi) is 3.99. The van der Waals surface area contributed by atoms with E-state index in [4.69, 9.17) is 4.98 Å². The number of nitrogens with zero attached hydrogens (tertiary/aromatic N) is 2. The molecule has 3 atom stereocenters. The lowest BCUT2D eigenvalue weighted by molar-refractivity contribution is 0.194. The second-order valence-corrected chi connectivity index (χ2v) is 7.88. The van der Waals surface area contributed by atoms with E-state index in [1.54, 1.807) is 0 Å². The minimum atomic E-state index is 0.581. The molecule has 0 aliphatic heterocycles. The second-order valence-electron chi connectivity index (χ2n) is 7.88. The summed E-state index contributed by atoms with van der Waals surface area (Å²) in [6, 6.07) is 12.9. The van der Waals surface area contributed by atoms with Crippen molar-refractivity contribution < 1.29 is 0 Å². The van der Waals surface area contributed by atoms with Gasteiger partial charge in [-0.25, -0.2) is 0 Å². The Morgan fingerprint density at radius 2 is 1.71 bits per heavy atom. The molecule has 2 heteroatoms. The van der Waals surface area contributed by atoms with E-state index in [1.807, 2.05) is 12.3 Å². The van der Waals surface area contributed by atoms with Crippen molar-refractivity contribution >= 4 is 21.8 Å². The van der Waals surface area contributed by atoms with Crippen molar-refractivity contribution in [3.05, 3.63) is 48.3 Å². The third-order valence-corrected chi connectivity index (χ3v) is 5.86. The molecule has 3 aromatic rings. The number of benzene rings is 1. The smallest absolute Gasteiger partial charge is 0.0967 e. The summed E-state index contributed by atoms with van der Waals surface area (Å²) < 4.78 is 0. The zero-order chi connectivity index (χ0) is 16.7. The van der Waals surface area contributed by atoms with Gasteiger partial charge in [0.15, 0.2) is 0 Å². The van der Waals surface area contributed by atoms with Crippen LogP contribution in [0.4, 0.5) is 0 Å². The van der Waals surface area contributed by atoms with Crippen LogP contribution in [0.15, 0.2) is 42.6 Å². The van der Waals surface area contributed by atoms with Crippen molar-refractivity contribution in [1.29, 1.82) is 0 Å². The van der Waals surface area contributed by atoms with E-state index in [-0.39, 0.29) is 0 Å². The average molecular weight is 318 g/mol. The summed E-state index contributed by atoms with van der Waals surface area (Å²) in [5.41, 5.74) is 3.36. The molecule has 0 radical (unpaired) electrons. The topological polar surface area (TPSA) is 25.8 Å². The van der Waals surface area contributed by atoms with Crippen molar-refractivity contribution in [3.63, 3.8) is 0 Å². The number of pyridine rings is 2. The lowest BCUT2D eigenvalue weighted by atomic mass is 9.69. The molecule has 1 aliphatic rings. The van der Waals surface area contributed by atoms with Crippen LogP contribution in [0.1, 0.15) is 51.6 Å². The van der Waals surface area contributed by atoms with Gasteiger partial charge in [0.1, 0.15) is 0 Å². The molecular weight excluding hydrogens is 292 g/mol. The van der Waals surface area contributed by atoms with Crippen LogP contribution < -0.4 is 0 Å². The summed E-state index contributed by atoms with van der Waals surface area (Å²) >= 11 is 0. The molecular formula is C22H26N2. The van der Waals surface area contributed by atoms with Gasteiger partial charge >= 0.3 is 0 Å². The van der Waals surface area contributed by atoms with Gasteiger partial charge < -0.3 is 0 Å². The third-order valence-electron chi connectivity index (χ3n) is 5.86. The predicted octanol–water partition coefficient (Wildman–Crippen LogP) is 5.96. The molecule has 1 saturated carbocycles. The van der Waals surface area contributed by atoms with E-state index < -0.39 is 0 Å². The minimum absolute atomic E-state index is 0.581. The highest BCUT2D eigenvalue weighted by Crippen LogP contribution is 2.43. The van der Waals surface area contributed by atoms with Gasteiger partial charge in [-0.15, -0.1) is 0 Å². The molecule has 1 aromatic carbocycles. The van der Waals surface area contributed by atoms with E-state index >= 15 is 0 Å². The van der Waals surface area contributed by atoms with Crippen molar-refractivity contribution in [2.45, 2.75) is 46.0 Å². The Morgan fingerprint density at radius 3 is 2.50 bits per heavy atom. The standard InChI is InChI=1S/C22H26N2/c1-14(2)18-10-6-15(3)13-19(18)20-11-9-17-8-7-16-5-4-12-23-21(16)22(17)24-20/h4-5,7-9,11-12,14-15,18-19H,6,10,13H2,1-3H3/t15-,18+,19?/m0/s1. The van der Waals surface area contributed by atoms with Crippen LogP contribution in [0.25, 0.3) is 21.8 Å². The zero-order valence-corrected chi connectivity index (χ0v) is 14.9. The molecule has 1 fully saturated rings. The van der Waals surface area contributed by atoms with Crippen LogP contribution in [0, 0.1) is 17.8 Å². The average Bonchev–Trinajstić information content (AvgIpc) is 2.61. The first-order chi connectivity index (χ1) is 11.6. The quantitative estimate of drug-likeness (QED) is 0.545. The fourth-order valence-corrected chi connectivity index (χ4v) is 4.49. The lowest BCUT2D eigenvalue weighted by Gasteiger charge is -2.37. The van der Waals surface area contributed by atoms with Gasteiger partial charge in [0.2, 0.25) is 0 Å². The summed E-state index contributed by atoms with van der Waals surface area (Å²) in [7, 11) is 0. The molecule has 2 nitrogen and oxygen atoms in total. The molecule has 2 heterocycles. The zero-order valence-electron chi connectivity index (χ0n) is 14.9. The lowest BCUT2D eigenvalue weighted by Crippen LogP contribution is -2.26. The molecule has 2 aromatic heterocycles. The highest BCUT2D eigenvalue weighted by Gasteiger charge is 2.32. The van der Waals surface area contributed by atoms with E-state index in [0.29, 0.717) is 11.8 Å². The van der Waals surface area contributed by atoms with Gasteiger partial charge in [0.25, 0.3) is 0 Å². The molecule has 0 saturated heterocycles. The summed E-state index contributed by atoms with van der Waals surface area (Å²) in [6.07, 6.45) is 5.82. The molecule has 4 rings (SSSR count). The van der Waals surface area contributed by atoms with E-state index in [1.165, 1.54) is 35.7 Å². The monoisotopic (exact) mass is 318 g/mol. The number of fused-ring (bicyclic) bond motifs is 3. The Labute approximate surface area is 144 Å². The maximum atomic E-state index is 5.13. The first kappa shape index (κ1) is 15.6. The Balaban J connectivity index is 1.85. The van der Waals surface area contributed by atoms with E-state index in [2.05, 4.69) is 56.1 Å². The highest BCUT2D eigenvalue weighted by molar-refractivity contribution is 6.02. The Morgan fingerprint density at radius 1 is 0.958 bits per heavy atom. The van der Waals surface area contributed by atoms with Gasteiger partial charge in [-0.05, 0) is 42.7 Å². The van der Waals surface area contributed by atoms with Crippen LogP contribution in [0.5, 0.6) is 0 Å². The van der Waals surface area contributed by atoms with Gasteiger partial charge in [0.05, 0.1) is 11.0 Å². The fourth-order valence-electron chi connectivity index (χ4n) is 4.49. The van der Waals surface area contributed by atoms with Gasteiger partial charge in [-0.3, -0.25) is 9.97 Å². The summed E-state index contributed by atoms with van der Waals surface area (Å²) in [5, 5.41) is 2.36. The maximum Gasteiger partial charge on any atom is 0.0967 e. The van der Waals surface area contributed by atoms with Crippen LogP contribution in [-0.4, -0.2) is 9.97 Å². The SMILES string of the molecule is CC(C)[C@H]1CC[C@H](C)CC1c1ccc2ccc3cccnc3c2n1. The third kappa shape index (κ3) is 2.68. The molecule has 24 heavy (non-hydrogen) atoms. The number of aromatic nitrogens is 2. The van der Waals surface area contributed by atoms with Crippen LogP contribution >= 0.6 is 0 Å². The van der Waals surface area contributed by atoms with Crippen LogP contribution in [0.3, 0.4) is 0 Å². The van der Waals surface area contributed by atoms with Gasteiger partial charge in [-0.2, -0.15) is 0 Å². The molecule has 1 unspecified atom stereocenters. The normalized spacial score (nSPS) is 24.8. The largest absolute Gasteiger partial charge is 0.254 e. The van der Waals surface area contributed by atoms with Gasteiger partial charge in [-0.1, -0.05) is 51.5 Å². The Bertz CT molecular complexity index is 868. The molecule has 0 N–H and O–H groups in total. The highest BCUT2D eigenvalue weighted by atomic mass is 14.8. The second kappa shape index (κ2) is 6.16. The molecule has 124 valence electrons. The van der Waals surface area contributed by atoms with Crippen molar-refractivity contribution in [2.75, 3.05) is 0 Å². The van der Waals surface area contributed by atoms with Crippen LogP contribution in [-0.2, 0) is 0 Å². The first-order valence-corrected chi connectivity index (χ1v) is 9.28. The van der Waals surface area contributed by atoms with Crippen LogP contribution in [0.2, 0.25) is 0 Å². The summed E-state index contributed by atoms with van der Waals surface area (Å²) in [4.78, 5) is 9.73.